The minimum Gasteiger partial charge on any atom is -0.370 e. The third-order valence-electron chi connectivity index (χ3n) is 4.42. The third kappa shape index (κ3) is 3.27. The highest BCUT2D eigenvalue weighted by molar-refractivity contribution is 14.0. The van der Waals surface area contributed by atoms with Gasteiger partial charge in [-0.2, -0.15) is 0 Å². The molecule has 2 atom stereocenters. The number of likely N-dealkylation sites (tertiary alicyclic amines) is 1. The van der Waals surface area contributed by atoms with Crippen molar-refractivity contribution in [3.63, 3.8) is 0 Å². The Kier molecular flexibility index (Phi) is 5.29. The Balaban J connectivity index is 0.00000147. The van der Waals surface area contributed by atoms with Gasteiger partial charge in [-0.3, -0.25) is 4.99 Å². The lowest BCUT2D eigenvalue weighted by molar-refractivity contribution is 0.270. The Morgan fingerprint density at radius 2 is 2.20 bits per heavy atom. The van der Waals surface area contributed by atoms with Gasteiger partial charge in [-0.15, -0.1) is 24.0 Å². The summed E-state index contributed by atoms with van der Waals surface area (Å²) in [5.41, 5.74) is 9.08. The number of guanidine groups is 1. The lowest BCUT2D eigenvalue weighted by Gasteiger charge is -2.33. The Labute approximate surface area is 138 Å². The van der Waals surface area contributed by atoms with Gasteiger partial charge in [0.05, 0.1) is 0 Å². The molecule has 0 saturated carbocycles. The number of halogens is 1. The predicted octanol–water partition coefficient (Wildman–Crippen LogP) is 2.99. The minimum absolute atomic E-state index is 0. The molecule has 0 bridgehead atoms. The van der Waals surface area contributed by atoms with Crippen molar-refractivity contribution >= 4 is 29.9 Å². The molecule has 4 heteroatoms. The van der Waals surface area contributed by atoms with E-state index in [1.165, 1.54) is 24.0 Å². The first-order valence-corrected chi connectivity index (χ1v) is 7.36. The fourth-order valence-corrected chi connectivity index (χ4v) is 3.23. The number of benzene rings is 1. The third-order valence-corrected chi connectivity index (χ3v) is 4.42. The van der Waals surface area contributed by atoms with Crippen molar-refractivity contribution in [1.82, 2.24) is 4.90 Å². The molecule has 1 aromatic rings. The molecule has 1 aliphatic heterocycles. The monoisotopic (exact) mass is 385 g/mol. The van der Waals surface area contributed by atoms with E-state index in [1.807, 2.05) is 0 Å². The molecule has 1 aliphatic carbocycles. The summed E-state index contributed by atoms with van der Waals surface area (Å²) in [5, 5.41) is 0. The second kappa shape index (κ2) is 6.78. The molecule has 0 amide bonds. The van der Waals surface area contributed by atoms with Gasteiger partial charge in [-0.25, -0.2) is 0 Å². The number of fused-ring (bicyclic) bond motifs is 1. The van der Waals surface area contributed by atoms with E-state index in [0.717, 1.165) is 37.9 Å². The van der Waals surface area contributed by atoms with Crippen LogP contribution in [-0.2, 0) is 6.42 Å². The zero-order chi connectivity index (χ0) is 13.2. The van der Waals surface area contributed by atoms with E-state index in [1.54, 1.807) is 0 Å². The lowest BCUT2D eigenvalue weighted by Crippen LogP contribution is -2.43. The summed E-state index contributed by atoms with van der Waals surface area (Å²) in [4.78, 5) is 6.87. The van der Waals surface area contributed by atoms with Crippen LogP contribution in [0.1, 0.15) is 36.8 Å². The van der Waals surface area contributed by atoms with Gasteiger partial charge in [0.25, 0.3) is 0 Å². The largest absolute Gasteiger partial charge is 0.370 e. The lowest BCUT2D eigenvalue weighted by atomic mass is 9.78. The van der Waals surface area contributed by atoms with Gasteiger partial charge in [-0.1, -0.05) is 31.2 Å². The first-order valence-electron chi connectivity index (χ1n) is 7.36. The van der Waals surface area contributed by atoms with Gasteiger partial charge in [0.2, 0.25) is 0 Å². The quantitative estimate of drug-likeness (QED) is 0.483. The van der Waals surface area contributed by atoms with Crippen LogP contribution in [0.4, 0.5) is 0 Å². The molecule has 0 aromatic heterocycles. The number of hydrogen-bond acceptors (Lipinski definition) is 1. The van der Waals surface area contributed by atoms with Crippen LogP contribution >= 0.6 is 24.0 Å². The maximum Gasteiger partial charge on any atom is 0.191 e. The maximum atomic E-state index is 6.13. The molecule has 1 aromatic carbocycles. The van der Waals surface area contributed by atoms with Gasteiger partial charge < -0.3 is 10.6 Å². The highest BCUT2D eigenvalue weighted by atomic mass is 127. The molecule has 1 heterocycles. The molecule has 2 unspecified atom stereocenters. The molecule has 0 spiro atoms. The van der Waals surface area contributed by atoms with Gasteiger partial charge in [0.15, 0.2) is 5.96 Å². The Morgan fingerprint density at radius 1 is 1.40 bits per heavy atom. The van der Waals surface area contributed by atoms with Crippen molar-refractivity contribution in [3.8, 4) is 0 Å². The first-order chi connectivity index (χ1) is 9.24. The molecule has 3 nitrogen and oxygen atoms in total. The second-order valence-electron chi connectivity index (χ2n) is 5.99. The number of nitrogens with two attached hydrogens (primary N) is 1. The van der Waals surface area contributed by atoms with E-state index in [4.69, 9.17) is 5.73 Å². The normalized spacial score (nSPS) is 25.4. The van der Waals surface area contributed by atoms with Crippen LogP contribution in [0.5, 0.6) is 0 Å². The van der Waals surface area contributed by atoms with Crippen LogP contribution in [0.3, 0.4) is 0 Å². The summed E-state index contributed by atoms with van der Waals surface area (Å²) >= 11 is 0. The van der Waals surface area contributed by atoms with Gasteiger partial charge in [-0.05, 0) is 36.3 Å². The van der Waals surface area contributed by atoms with E-state index in [9.17, 15) is 0 Å². The predicted molar refractivity (Wildman–Crippen MR) is 94.8 cm³/mol. The molecule has 2 aliphatic rings. The van der Waals surface area contributed by atoms with E-state index >= 15 is 0 Å². The van der Waals surface area contributed by atoms with Crippen LogP contribution in [-0.4, -0.2) is 30.5 Å². The van der Waals surface area contributed by atoms with Gasteiger partial charge in [0, 0.05) is 25.6 Å². The topological polar surface area (TPSA) is 41.6 Å². The molecule has 20 heavy (non-hydrogen) atoms. The average molecular weight is 385 g/mol. The van der Waals surface area contributed by atoms with Crippen molar-refractivity contribution < 1.29 is 0 Å². The summed E-state index contributed by atoms with van der Waals surface area (Å²) in [6.45, 7) is 5.27. The smallest absolute Gasteiger partial charge is 0.191 e. The molecule has 1 fully saturated rings. The van der Waals surface area contributed by atoms with Crippen LogP contribution in [0, 0.1) is 5.92 Å². The Morgan fingerprint density at radius 3 is 2.95 bits per heavy atom. The molecule has 1 saturated heterocycles. The van der Waals surface area contributed by atoms with E-state index in [-0.39, 0.29) is 24.0 Å². The summed E-state index contributed by atoms with van der Waals surface area (Å²) < 4.78 is 0. The summed E-state index contributed by atoms with van der Waals surface area (Å²) in [6.07, 6.45) is 3.72. The molecular weight excluding hydrogens is 361 g/mol. The Hall–Kier alpha value is -0.780. The number of nitrogens with zero attached hydrogens (tertiary/aromatic N) is 2. The van der Waals surface area contributed by atoms with E-state index < -0.39 is 0 Å². The summed E-state index contributed by atoms with van der Waals surface area (Å²) in [5.74, 6) is 2.07. The van der Waals surface area contributed by atoms with Gasteiger partial charge >= 0.3 is 0 Å². The zero-order valence-corrected chi connectivity index (χ0v) is 14.4. The van der Waals surface area contributed by atoms with Crippen LogP contribution in [0.15, 0.2) is 29.3 Å². The van der Waals surface area contributed by atoms with Crippen molar-refractivity contribution in [2.24, 2.45) is 16.6 Å². The first kappa shape index (κ1) is 15.6. The molecular formula is C16H24IN3. The van der Waals surface area contributed by atoms with Crippen molar-refractivity contribution in [2.75, 3.05) is 19.6 Å². The van der Waals surface area contributed by atoms with Crippen LogP contribution in [0.2, 0.25) is 0 Å². The second-order valence-corrected chi connectivity index (χ2v) is 5.99. The fraction of sp³-hybridized carbons (Fsp3) is 0.562. The fourth-order valence-electron chi connectivity index (χ4n) is 3.23. The number of piperidine rings is 1. The van der Waals surface area contributed by atoms with Crippen molar-refractivity contribution in [2.45, 2.75) is 32.1 Å². The molecule has 0 radical (unpaired) electrons. The van der Waals surface area contributed by atoms with Crippen molar-refractivity contribution in [3.05, 3.63) is 35.4 Å². The summed E-state index contributed by atoms with van der Waals surface area (Å²) in [6, 6.07) is 8.66. The number of aliphatic imine (C=N–C) groups is 1. The highest BCUT2D eigenvalue weighted by Gasteiger charge is 2.25. The molecule has 2 N–H and O–H groups in total. The minimum atomic E-state index is 0. The maximum absolute atomic E-state index is 6.13. The summed E-state index contributed by atoms with van der Waals surface area (Å²) in [7, 11) is 0. The van der Waals surface area contributed by atoms with Crippen LogP contribution < -0.4 is 5.73 Å². The average Bonchev–Trinajstić information content (AvgIpc) is 2.39. The van der Waals surface area contributed by atoms with Crippen LogP contribution in [0.25, 0.3) is 0 Å². The Bertz CT molecular complexity index is 486. The molecule has 3 rings (SSSR count). The van der Waals surface area contributed by atoms with Gasteiger partial charge in [0.1, 0.15) is 0 Å². The SMILES string of the molecule is CC1CCCN(C(N)=NCC2Cc3ccccc32)C1.I. The van der Waals surface area contributed by atoms with E-state index in [2.05, 4.69) is 41.1 Å². The molecule has 110 valence electrons. The standard InChI is InChI=1S/C16H23N3.HI/c1-12-5-4-8-19(11-12)16(17)18-10-14-9-13-6-2-3-7-15(13)14;/h2-3,6-7,12,14H,4-5,8-11H2,1H3,(H2,17,18);1H. The number of rotatable bonds is 2. The van der Waals surface area contributed by atoms with E-state index in [0.29, 0.717) is 5.92 Å². The highest BCUT2D eigenvalue weighted by Crippen LogP contribution is 2.34. The number of hydrogen-bond donors (Lipinski definition) is 1. The zero-order valence-electron chi connectivity index (χ0n) is 12.1. The van der Waals surface area contributed by atoms with Crippen molar-refractivity contribution in [1.29, 1.82) is 0 Å².